The fourth-order valence-corrected chi connectivity index (χ4v) is 2.69. The van der Waals surface area contributed by atoms with Crippen LogP contribution in [-0.4, -0.2) is 13.7 Å². The summed E-state index contributed by atoms with van der Waals surface area (Å²) in [5.41, 5.74) is 1.61. The van der Waals surface area contributed by atoms with Gasteiger partial charge in [-0.1, -0.05) is 24.3 Å². The van der Waals surface area contributed by atoms with Gasteiger partial charge in [-0.3, -0.25) is 0 Å². The number of hydrogen-bond acceptors (Lipinski definition) is 2. The molecule has 2 rings (SSSR count). The van der Waals surface area contributed by atoms with E-state index in [2.05, 4.69) is 21.2 Å². The molecule has 106 valence electrons. The van der Waals surface area contributed by atoms with Gasteiger partial charge in [0.05, 0.1) is 17.1 Å². The molecule has 0 amide bonds. The van der Waals surface area contributed by atoms with Gasteiger partial charge in [0.2, 0.25) is 0 Å². The van der Waals surface area contributed by atoms with Crippen LogP contribution >= 0.6 is 15.9 Å². The van der Waals surface area contributed by atoms with Crippen LogP contribution in [0, 0.1) is 5.82 Å². The molecule has 20 heavy (non-hydrogen) atoms. The monoisotopic (exact) mass is 337 g/mol. The summed E-state index contributed by atoms with van der Waals surface area (Å²) in [6.07, 6.45) is 0. The van der Waals surface area contributed by atoms with Crippen LogP contribution in [0.5, 0.6) is 5.75 Å². The van der Waals surface area contributed by atoms with E-state index in [1.807, 2.05) is 38.2 Å². The molecule has 2 aromatic carbocycles. The quantitative estimate of drug-likeness (QED) is 0.878. The van der Waals surface area contributed by atoms with E-state index in [4.69, 9.17) is 4.74 Å². The van der Waals surface area contributed by atoms with Gasteiger partial charge in [-0.05, 0) is 53.7 Å². The van der Waals surface area contributed by atoms with Crippen molar-refractivity contribution in [2.45, 2.75) is 13.0 Å². The number of benzene rings is 2. The lowest BCUT2D eigenvalue weighted by Gasteiger charge is -2.19. The Kier molecular flexibility index (Phi) is 5.15. The molecule has 2 nitrogen and oxygen atoms in total. The summed E-state index contributed by atoms with van der Waals surface area (Å²) in [5.74, 6) is 0.580. The summed E-state index contributed by atoms with van der Waals surface area (Å²) in [7, 11) is 1.82. The molecule has 0 spiro atoms. The summed E-state index contributed by atoms with van der Waals surface area (Å²) in [6, 6.07) is 12.4. The van der Waals surface area contributed by atoms with E-state index in [0.29, 0.717) is 12.2 Å². The maximum absolute atomic E-state index is 13.9. The molecule has 0 aliphatic carbocycles. The van der Waals surface area contributed by atoms with E-state index < -0.39 is 0 Å². The highest BCUT2D eigenvalue weighted by Crippen LogP contribution is 2.31. The Bertz CT molecular complexity index is 588. The van der Waals surface area contributed by atoms with Crippen molar-refractivity contribution in [2.24, 2.45) is 0 Å². The highest BCUT2D eigenvalue weighted by Gasteiger charge is 2.16. The van der Waals surface area contributed by atoms with E-state index in [-0.39, 0.29) is 11.9 Å². The second-order valence-corrected chi connectivity index (χ2v) is 5.22. The van der Waals surface area contributed by atoms with Crippen LogP contribution in [-0.2, 0) is 0 Å². The number of halogens is 2. The normalized spacial score (nSPS) is 12.2. The maximum atomic E-state index is 13.9. The van der Waals surface area contributed by atoms with E-state index in [0.717, 1.165) is 15.8 Å². The highest BCUT2D eigenvalue weighted by molar-refractivity contribution is 9.10. The minimum Gasteiger partial charge on any atom is -0.493 e. The Labute approximate surface area is 127 Å². The minimum absolute atomic E-state index is 0.192. The lowest BCUT2D eigenvalue weighted by molar-refractivity contribution is 0.338. The van der Waals surface area contributed by atoms with Crippen LogP contribution in [0.25, 0.3) is 0 Å². The second-order valence-electron chi connectivity index (χ2n) is 4.37. The fourth-order valence-electron chi connectivity index (χ4n) is 2.18. The SMILES string of the molecule is CCOc1ccc(C(NC)c2ccccc2F)cc1Br. The van der Waals surface area contributed by atoms with Crippen LogP contribution in [0.1, 0.15) is 24.1 Å². The second kappa shape index (κ2) is 6.86. The van der Waals surface area contributed by atoms with E-state index in [1.165, 1.54) is 6.07 Å². The Balaban J connectivity index is 2.38. The lowest BCUT2D eigenvalue weighted by atomic mass is 9.98. The topological polar surface area (TPSA) is 21.3 Å². The van der Waals surface area contributed by atoms with Gasteiger partial charge < -0.3 is 10.1 Å². The molecule has 1 unspecified atom stereocenters. The van der Waals surface area contributed by atoms with Crippen LogP contribution in [0.4, 0.5) is 4.39 Å². The third-order valence-corrected chi connectivity index (χ3v) is 3.71. The van der Waals surface area contributed by atoms with Gasteiger partial charge in [-0.25, -0.2) is 4.39 Å². The zero-order valence-corrected chi connectivity index (χ0v) is 13.1. The van der Waals surface area contributed by atoms with Crippen LogP contribution in [0.2, 0.25) is 0 Å². The summed E-state index contributed by atoms with van der Waals surface area (Å²) in [5, 5.41) is 3.15. The minimum atomic E-state index is -0.211. The fraction of sp³-hybridized carbons (Fsp3) is 0.250. The third kappa shape index (κ3) is 3.19. The molecule has 0 saturated heterocycles. The number of rotatable bonds is 5. The Morgan fingerprint density at radius 3 is 2.60 bits per heavy atom. The average Bonchev–Trinajstić information content (AvgIpc) is 2.45. The zero-order valence-electron chi connectivity index (χ0n) is 11.5. The molecule has 4 heteroatoms. The van der Waals surface area contributed by atoms with Crippen LogP contribution < -0.4 is 10.1 Å². The smallest absolute Gasteiger partial charge is 0.133 e. The van der Waals surface area contributed by atoms with Gasteiger partial charge in [-0.2, -0.15) is 0 Å². The van der Waals surface area contributed by atoms with Crippen molar-refractivity contribution < 1.29 is 9.13 Å². The first-order chi connectivity index (χ1) is 9.67. The van der Waals surface area contributed by atoms with Crippen LogP contribution in [0.3, 0.4) is 0 Å². The molecule has 2 aromatic rings. The molecule has 0 bridgehead atoms. The zero-order chi connectivity index (χ0) is 14.5. The van der Waals surface area contributed by atoms with Gasteiger partial charge in [0, 0.05) is 5.56 Å². The van der Waals surface area contributed by atoms with Crippen molar-refractivity contribution in [1.29, 1.82) is 0 Å². The standard InChI is InChI=1S/C16H17BrFNO/c1-3-20-15-9-8-11(10-13(15)17)16(19-2)12-6-4-5-7-14(12)18/h4-10,16,19H,3H2,1-2H3. The van der Waals surface area contributed by atoms with E-state index in [1.54, 1.807) is 12.1 Å². The Hall–Kier alpha value is -1.39. The van der Waals surface area contributed by atoms with Crippen molar-refractivity contribution in [3.05, 3.63) is 63.9 Å². The predicted octanol–water partition coefficient (Wildman–Crippen LogP) is 4.30. The lowest BCUT2D eigenvalue weighted by Crippen LogP contribution is -2.19. The molecular weight excluding hydrogens is 321 g/mol. The molecule has 0 radical (unpaired) electrons. The highest BCUT2D eigenvalue weighted by atomic mass is 79.9. The third-order valence-electron chi connectivity index (χ3n) is 3.09. The molecule has 0 aliphatic heterocycles. The molecule has 1 atom stereocenters. The first-order valence-corrected chi connectivity index (χ1v) is 7.30. The summed E-state index contributed by atoms with van der Waals surface area (Å²) in [4.78, 5) is 0. The van der Waals surface area contributed by atoms with Gasteiger partial charge in [0.15, 0.2) is 0 Å². The van der Waals surface area contributed by atoms with Crippen molar-refractivity contribution in [3.8, 4) is 5.75 Å². The van der Waals surface area contributed by atoms with E-state index in [9.17, 15) is 4.39 Å². The average molecular weight is 338 g/mol. The van der Waals surface area contributed by atoms with E-state index >= 15 is 0 Å². The van der Waals surface area contributed by atoms with Crippen molar-refractivity contribution in [2.75, 3.05) is 13.7 Å². The van der Waals surface area contributed by atoms with Gasteiger partial charge in [0.1, 0.15) is 11.6 Å². The van der Waals surface area contributed by atoms with Gasteiger partial charge in [0.25, 0.3) is 0 Å². The first-order valence-electron chi connectivity index (χ1n) is 6.51. The number of ether oxygens (including phenoxy) is 1. The van der Waals surface area contributed by atoms with Gasteiger partial charge >= 0.3 is 0 Å². The molecule has 0 heterocycles. The number of nitrogens with one attached hydrogen (secondary N) is 1. The van der Waals surface area contributed by atoms with Crippen molar-refractivity contribution in [3.63, 3.8) is 0 Å². The molecule has 1 N–H and O–H groups in total. The summed E-state index contributed by atoms with van der Waals surface area (Å²) < 4.78 is 20.3. The Morgan fingerprint density at radius 1 is 1.25 bits per heavy atom. The largest absolute Gasteiger partial charge is 0.493 e. The molecular formula is C16H17BrFNO. The Morgan fingerprint density at radius 2 is 2.00 bits per heavy atom. The molecule has 0 aromatic heterocycles. The summed E-state index contributed by atoms with van der Waals surface area (Å²) in [6.45, 7) is 2.55. The van der Waals surface area contributed by atoms with Crippen LogP contribution in [0.15, 0.2) is 46.9 Å². The molecule has 0 saturated carbocycles. The molecule has 0 fully saturated rings. The summed E-state index contributed by atoms with van der Waals surface area (Å²) >= 11 is 3.49. The van der Waals surface area contributed by atoms with Crippen molar-refractivity contribution in [1.82, 2.24) is 5.32 Å². The van der Waals surface area contributed by atoms with Crippen molar-refractivity contribution >= 4 is 15.9 Å². The first kappa shape index (κ1) is 15.0. The molecule has 0 aliphatic rings. The maximum Gasteiger partial charge on any atom is 0.133 e. The van der Waals surface area contributed by atoms with Gasteiger partial charge in [-0.15, -0.1) is 0 Å². The number of hydrogen-bond donors (Lipinski definition) is 1. The predicted molar refractivity (Wildman–Crippen MR) is 82.6 cm³/mol.